The second kappa shape index (κ2) is 6.54. The Bertz CT molecular complexity index is 779. The predicted molar refractivity (Wildman–Crippen MR) is 88.6 cm³/mol. The van der Waals surface area contributed by atoms with Crippen LogP contribution in [0, 0.1) is 0 Å². The third kappa shape index (κ3) is 3.07. The minimum atomic E-state index is -0.371. The van der Waals surface area contributed by atoms with E-state index in [-0.39, 0.29) is 11.8 Å². The Morgan fingerprint density at radius 2 is 1.55 bits per heavy atom. The van der Waals surface area contributed by atoms with Gasteiger partial charge in [0, 0.05) is 18.6 Å². The summed E-state index contributed by atoms with van der Waals surface area (Å²) in [6.45, 7) is 0. The van der Waals surface area contributed by atoms with Gasteiger partial charge < -0.3 is 4.57 Å². The molecule has 1 heterocycles. The lowest BCUT2D eigenvalue weighted by Gasteiger charge is -2.14. The number of nitrogens with zero attached hydrogens (tertiary/aromatic N) is 2. The van der Waals surface area contributed by atoms with Gasteiger partial charge in [-0.2, -0.15) is 4.99 Å². The summed E-state index contributed by atoms with van der Waals surface area (Å²) in [5.74, 6) is -0.514. The highest BCUT2D eigenvalue weighted by atomic mass is 32.1. The van der Waals surface area contributed by atoms with E-state index in [1.54, 1.807) is 0 Å². The van der Waals surface area contributed by atoms with Crippen molar-refractivity contribution in [2.24, 2.45) is 12.0 Å². The summed E-state index contributed by atoms with van der Waals surface area (Å²) in [5.41, 5.74) is 1.92. The Morgan fingerprint density at radius 3 is 2.00 bits per heavy atom. The first-order valence-corrected chi connectivity index (χ1v) is 7.92. The molecule has 2 aromatic carbocycles. The molecule has 0 N–H and O–H groups in total. The fourth-order valence-electron chi connectivity index (χ4n) is 2.36. The largest absolute Gasteiger partial charge is 0.327 e. The van der Waals surface area contributed by atoms with Gasteiger partial charge >= 0.3 is 0 Å². The Labute approximate surface area is 133 Å². The van der Waals surface area contributed by atoms with Crippen molar-refractivity contribution in [3.63, 3.8) is 0 Å². The summed E-state index contributed by atoms with van der Waals surface area (Å²) >= 11 is 1.46. The molecule has 0 radical (unpaired) electrons. The minimum Gasteiger partial charge on any atom is -0.327 e. The third-order valence-electron chi connectivity index (χ3n) is 3.48. The van der Waals surface area contributed by atoms with Crippen LogP contribution in [0.5, 0.6) is 0 Å². The first-order valence-electron chi connectivity index (χ1n) is 7.04. The highest BCUT2D eigenvalue weighted by Crippen LogP contribution is 2.25. The van der Waals surface area contributed by atoms with Crippen LogP contribution in [0.25, 0.3) is 0 Å². The van der Waals surface area contributed by atoms with Crippen molar-refractivity contribution < 1.29 is 4.79 Å². The van der Waals surface area contributed by atoms with E-state index >= 15 is 0 Å². The fourth-order valence-corrected chi connectivity index (χ4v) is 3.10. The van der Waals surface area contributed by atoms with Crippen LogP contribution in [0.15, 0.2) is 77.2 Å². The molecule has 0 bridgehead atoms. The summed E-state index contributed by atoms with van der Waals surface area (Å²) in [4.78, 5) is 17.8. The van der Waals surface area contributed by atoms with Gasteiger partial charge in [-0.25, -0.2) is 0 Å². The van der Waals surface area contributed by atoms with Crippen molar-refractivity contribution in [3.8, 4) is 0 Å². The monoisotopic (exact) mass is 308 g/mol. The molecule has 0 fully saturated rings. The molecule has 3 aromatic rings. The molecule has 0 aliphatic rings. The standard InChI is InChI=1S/C18H16N2OS/c1-20-12-13-22-18(20)19-17(21)16(14-8-4-2-5-9-14)15-10-6-3-7-11-15/h2-13,16H,1H3. The lowest BCUT2D eigenvalue weighted by atomic mass is 9.91. The second-order valence-electron chi connectivity index (χ2n) is 5.00. The van der Waals surface area contributed by atoms with Crippen LogP contribution in [0.2, 0.25) is 0 Å². The molecule has 0 saturated carbocycles. The van der Waals surface area contributed by atoms with Crippen molar-refractivity contribution in [2.45, 2.75) is 5.92 Å². The molecule has 0 spiro atoms. The summed E-state index contributed by atoms with van der Waals surface area (Å²) in [7, 11) is 1.89. The van der Waals surface area contributed by atoms with Crippen LogP contribution in [0.4, 0.5) is 0 Å². The van der Waals surface area contributed by atoms with Gasteiger partial charge in [0.2, 0.25) is 0 Å². The van der Waals surface area contributed by atoms with Crippen LogP contribution in [-0.2, 0) is 11.8 Å². The average molecular weight is 308 g/mol. The number of aromatic nitrogens is 1. The summed E-state index contributed by atoms with van der Waals surface area (Å²) in [6.07, 6.45) is 1.90. The number of benzene rings is 2. The van der Waals surface area contributed by atoms with Gasteiger partial charge in [-0.05, 0) is 11.1 Å². The van der Waals surface area contributed by atoms with E-state index in [4.69, 9.17) is 0 Å². The number of carbonyl (C=O) groups is 1. The van der Waals surface area contributed by atoms with Gasteiger partial charge in [-0.1, -0.05) is 60.7 Å². The number of amides is 1. The van der Waals surface area contributed by atoms with E-state index < -0.39 is 0 Å². The van der Waals surface area contributed by atoms with Gasteiger partial charge in [0.25, 0.3) is 5.91 Å². The minimum absolute atomic E-state index is 0.143. The van der Waals surface area contributed by atoms with Gasteiger partial charge in [-0.15, -0.1) is 11.3 Å². The average Bonchev–Trinajstić information content (AvgIpc) is 2.95. The Hall–Kier alpha value is -2.46. The first-order chi connectivity index (χ1) is 10.8. The number of carbonyl (C=O) groups excluding carboxylic acids is 1. The van der Waals surface area contributed by atoms with Crippen molar-refractivity contribution in [3.05, 3.63) is 88.2 Å². The normalized spacial score (nSPS) is 11.8. The topological polar surface area (TPSA) is 34.4 Å². The van der Waals surface area contributed by atoms with E-state index in [9.17, 15) is 4.79 Å². The lowest BCUT2D eigenvalue weighted by Crippen LogP contribution is -2.18. The summed E-state index contributed by atoms with van der Waals surface area (Å²) in [5, 5.41) is 1.92. The number of hydrogen-bond donors (Lipinski definition) is 0. The number of rotatable bonds is 3. The molecule has 0 aliphatic heterocycles. The lowest BCUT2D eigenvalue weighted by molar-refractivity contribution is -0.118. The Balaban J connectivity index is 2.07. The predicted octanol–water partition coefficient (Wildman–Crippen LogP) is 3.35. The van der Waals surface area contributed by atoms with E-state index in [2.05, 4.69) is 4.99 Å². The molecule has 1 aromatic heterocycles. The number of hydrogen-bond acceptors (Lipinski definition) is 2. The van der Waals surface area contributed by atoms with Gasteiger partial charge in [0.15, 0.2) is 4.80 Å². The molecule has 0 unspecified atom stereocenters. The van der Waals surface area contributed by atoms with Crippen molar-refractivity contribution in [2.75, 3.05) is 0 Å². The van der Waals surface area contributed by atoms with Gasteiger partial charge in [0.05, 0.1) is 5.92 Å². The Morgan fingerprint density at radius 1 is 1.00 bits per heavy atom. The number of aryl methyl sites for hydroxylation is 1. The van der Waals surface area contributed by atoms with Crippen LogP contribution in [0.1, 0.15) is 17.0 Å². The maximum Gasteiger partial charge on any atom is 0.260 e. The van der Waals surface area contributed by atoms with Crippen LogP contribution in [0.3, 0.4) is 0 Å². The molecule has 4 heteroatoms. The van der Waals surface area contributed by atoms with Crippen LogP contribution < -0.4 is 4.80 Å². The zero-order chi connectivity index (χ0) is 15.4. The summed E-state index contributed by atoms with van der Waals surface area (Å²) < 4.78 is 1.86. The highest BCUT2D eigenvalue weighted by molar-refractivity contribution is 7.07. The van der Waals surface area contributed by atoms with E-state index in [1.807, 2.05) is 83.9 Å². The molecule has 0 aliphatic carbocycles. The maximum atomic E-state index is 12.8. The molecule has 22 heavy (non-hydrogen) atoms. The zero-order valence-electron chi connectivity index (χ0n) is 12.2. The smallest absolute Gasteiger partial charge is 0.260 e. The van der Waals surface area contributed by atoms with Crippen LogP contribution in [-0.4, -0.2) is 10.5 Å². The van der Waals surface area contributed by atoms with Gasteiger partial charge in [0.1, 0.15) is 0 Å². The SMILES string of the molecule is Cn1ccsc1=NC(=O)C(c1ccccc1)c1ccccc1. The van der Waals surface area contributed by atoms with E-state index in [0.29, 0.717) is 4.80 Å². The van der Waals surface area contributed by atoms with E-state index in [0.717, 1.165) is 11.1 Å². The van der Waals surface area contributed by atoms with Gasteiger partial charge in [-0.3, -0.25) is 4.79 Å². The maximum absolute atomic E-state index is 12.8. The Kier molecular flexibility index (Phi) is 4.30. The molecule has 110 valence electrons. The highest BCUT2D eigenvalue weighted by Gasteiger charge is 2.22. The molecular weight excluding hydrogens is 292 g/mol. The van der Waals surface area contributed by atoms with Crippen molar-refractivity contribution in [1.29, 1.82) is 0 Å². The molecule has 1 amide bonds. The molecule has 0 saturated heterocycles. The third-order valence-corrected chi connectivity index (χ3v) is 4.33. The molecular formula is C18H16N2OS. The quantitative estimate of drug-likeness (QED) is 0.730. The fraction of sp³-hybridized carbons (Fsp3) is 0.111. The second-order valence-corrected chi connectivity index (χ2v) is 5.87. The first kappa shape index (κ1) is 14.5. The van der Waals surface area contributed by atoms with Crippen molar-refractivity contribution in [1.82, 2.24) is 4.57 Å². The van der Waals surface area contributed by atoms with E-state index in [1.165, 1.54) is 11.3 Å². The molecule has 3 nitrogen and oxygen atoms in total. The van der Waals surface area contributed by atoms with Crippen LogP contribution >= 0.6 is 11.3 Å². The zero-order valence-corrected chi connectivity index (χ0v) is 13.0. The molecule has 0 atom stereocenters. The summed E-state index contributed by atoms with van der Waals surface area (Å²) in [6, 6.07) is 19.6. The van der Waals surface area contributed by atoms with Crippen molar-refractivity contribution >= 4 is 17.2 Å². The number of thiazole rings is 1. The molecule has 3 rings (SSSR count).